The minimum atomic E-state index is -4.54. The van der Waals surface area contributed by atoms with Gasteiger partial charge in [0.05, 0.1) is 17.5 Å². The SMILES string of the molecule is Cc1ccc(C(=O)Nc2ccc(CN3CCN(C)CC3)c(C(F)(F)F)c2)cc1C#Cc1cnc(N)c(C)n1. The summed E-state index contributed by atoms with van der Waals surface area (Å²) in [6.45, 7) is 6.81. The Morgan fingerprint density at radius 3 is 2.50 bits per heavy atom. The van der Waals surface area contributed by atoms with Crippen LogP contribution in [0.1, 0.15) is 44.0 Å². The number of hydrogen-bond donors (Lipinski definition) is 2. The van der Waals surface area contributed by atoms with Crippen LogP contribution in [0.5, 0.6) is 0 Å². The topological polar surface area (TPSA) is 87.4 Å². The van der Waals surface area contributed by atoms with Crippen molar-refractivity contribution in [3.8, 4) is 11.8 Å². The van der Waals surface area contributed by atoms with Crippen molar-refractivity contribution in [1.29, 1.82) is 0 Å². The van der Waals surface area contributed by atoms with E-state index in [-0.39, 0.29) is 23.4 Å². The number of piperazine rings is 1. The van der Waals surface area contributed by atoms with E-state index in [2.05, 4.69) is 32.0 Å². The highest BCUT2D eigenvalue weighted by molar-refractivity contribution is 6.04. The number of benzene rings is 2. The largest absolute Gasteiger partial charge is 0.416 e. The standard InChI is InChI=1S/C28H29F3N6O/c1-18-4-5-21(14-20(18)6-9-24-16-33-26(32)19(2)34-24)27(38)35-23-8-7-22(25(15-23)28(29,30)31)17-37-12-10-36(3)11-13-37/h4-5,7-8,14-16H,10-13,17H2,1-3H3,(H2,32,33)(H,35,38). The Balaban J connectivity index is 1.53. The Morgan fingerprint density at radius 1 is 1.08 bits per heavy atom. The molecule has 0 spiro atoms. The van der Waals surface area contributed by atoms with Gasteiger partial charge in [0.15, 0.2) is 0 Å². The first-order chi connectivity index (χ1) is 18.0. The summed E-state index contributed by atoms with van der Waals surface area (Å²) >= 11 is 0. The zero-order valence-electron chi connectivity index (χ0n) is 21.5. The van der Waals surface area contributed by atoms with E-state index in [0.29, 0.717) is 35.9 Å². The molecule has 1 aromatic heterocycles. The normalized spacial score (nSPS) is 14.6. The second-order valence-electron chi connectivity index (χ2n) is 9.41. The number of alkyl halides is 3. The summed E-state index contributed by atoms with van der Waals surface area (Å²) in [6.07, 6.45) is -3.08. The third-order valence-corrected chi connectivity index (χ3v) is 6.47. The molecule has 0 saturated carbocycles. The van der Waals surface area contributed by atoms with Gasteiger partial charge in [0.2, 0.25) is 0 Å². The van der Waals surface area contributed by atoms with Gasteiger partial charge >= 0.3 is 6.18 Å². The molecule has 2 aromatic carbocycles. The van der Waals surface area contributed by atoms with Crippen LogP contribution in [0.4, 0.5) is 24.7 Å². The van der Waals surface area contributed by atoms with E-state index in [0.717, 1.165) is 24.7 Å². The van der Waals surface area contributed by atoms with E-state index in [1.807, 2.05) is 18.9 Å². The zero-order chi connectivity index (χ0) is 27.4. The van der Waals surface area contributed by atoms with Crippen LogP contribution in [0, 0.1) is 25.7 Å². The van der Waals surface area contributed by atoms with Gasteiger partial charge in [0, 0.05) is 49.5 Å². The number of rotatable bonds is 4. The summed E-state index contributed by atoms with van der Waals surface area (Å²) in [5.74, 6) is 5.69. The number of nitrogens with two attached hydrogens (primary N) is 1. The fourth-order valence-electron chi connectivity index (χ4n) is 4.09. The second kappa shape index (κ2) is 11.2. The summed E-state index contributed by atoms with van der Waals surface area (Å²) in [7, 11) is 1.99. The van der Waals surface area contributed by atoms with E-state index < -0.39 is 17.6 Å². The quantitative estimate of drug-likeness (QED) is 0.502. The van der Waals surface area contributed by atoms with Gasteiger partial charge in [-0.15, -0.1) is 0 Å². The van der Waals surface area contributed by atoms with Crippen LogP contribution in [0.15, 0.2) is 42.6 Å². The number of aromatic nitrogens is 2. The van der Waals surface area contributed by atoms with Crippen LogP contribution < -0.4 is 11.1 Å². The summed E-state index contributed by atoms with van der Waals surface area (Å²) in [6, 6.07) is 8.89. The molecule has 0 unspecified atom stereocenters. The van der Waals surface area contributed by atoms with Crippen LogP contribution in [0.2, 0.25) is 0 Å². The van der Waals surface area contributed by atoms with Crippen molar-refractivity contribution in [1.82, 2.24) is 19.8 Å². The molecule has 3 N–H and O–H groups in total. The highest BCUT2D eigenvalue weighted by Gasteiger charge is 2.34. The fourth-order valence-corrected chi connectivity index (χ4v) is 4.09. The molecule has 0 atom stereocenters. The molecule has 0 bridgehead atoms. The molecule has 7 nitrogen and oxygen atoms in total. The van der Waals surface area contributed by atoms with E-state index >= 15 is 0 Å². The lowest BCUT2D eigenvalue weighted by Gasteiger charge is -2.33. The Kier molecular flexibility index (Phi) is 7.99. The second-order valence-corrected chi connectivity index (χ2v) is 9.41. The number of nitrogens with one attached hydrogen (secondary N) is 1. The monoisotopic (exact) mass is 522 g/mol. The van der Waals surface area contributed by atoms with E-state index in [4.69, 9.17) is 5.73 Å². The molecule has 1 fully saturated rings. The Hall–Kier alpha value is -3.94. The lowest BCUT2D eigenvalue weighted by Crippen LogP contribution is -2.44. The van der Waals surface area contributed by atoms with Crippen LogP contribution in [-0.2, 0) is 12.7 Å². The number of likely N-dealkylation sites (N-methyl/N-ethyl adjacent to an activating group) is 1. The maximum absolute atomic E-state index is 13.9. The van der Waals surface area contributed by atoms with Gasteiger partial charge in [-0.05, 0) is 62.2 Å². The van der Waals surface area contributed by atoms with E-state index in [1.54, 1.807) is 25.1 Å². The van der Waals surface area contributed by atoms with Gasteiger partial charge < -0.3 is 16.0 Å². The molecule has 1 aliphatic rings. The fraction of sp³-hybridized carbons (Fsp3) is 0.321. The predicted molar refractivity (Wildman–Crippen MR) is 141 cm³/mol. The number of nitrogens with zero attached hydrogens (tertiary/aromatic N) is 4. The summed E-state index contributed by atoms with van der Waals surface area (Å²) in [4.78, 5) is 25.4. The number of amides is 1. The van der Waals surface area contributed by atoms with E-state index in [1.165, 1.54) is 18.3 Å². The number of carbonyl (C=O) groups is 1. The van der Waals surface area contributed by atoms with Gasteiger partial charge in [-0.3, -0.25) is 9.69 Å². The van der Waals surface area contributed by atoms with Crippen LogP contribution in [-0.4, -0.2) is 58.9 Å². The van der Waals surface area contributed by atoms with Crippen LogP contribution in [0.25, 0.3) is 0 Å². The minimum absolute atomic E-state index is 0.0743. The van der Waals surface area contributed by atoms with Gasteiger partial charge in [0.1, 0.15) is 11.5 Å². The first-order valence-electron chi connectivity index (χ1n) is 12.1. The summed E-state index contributed by atoms with van der Waals surface area (Å²) in [5.41, 5.74) is 7.90. The molecule has 3 aromatic rings. The molecular formula is C28H29F3N6O. The molecule has 10 heteroatoms. The first kappa shape index (κ1) is 27.1. The molecule has 2 heterocycles. The van der Waals surface area contributed by atoms with Crippen LogP contribution >= 0.6 is 0 Å². The van der Waals surface area contributed by atoms with E-state index in [9.17, 15) is 18.0 Å². The Morgan fingerprint density at radius 2 is 1.82 bits per heavy atom. The van der Waals surface area contributed by atoms with Gasteiger partial charge in [-0.25, -0.2) is 9.97 Å². The molecule has 1 amide bonds. The van der Waals surface area contributed by atoms with Crippen molar-refractivity contribution < 1.29 is 18.0 Å². The maximum Gasteiger partial charge on any atom is 0.416 e. The molecule has 38 heavy (non-hydrogen) atoms. The van der Waals surface area contributed by atoms with Gasteiger partial charge in [-0.1, -0.05) is 18.1 Å². The molecule has 4 rings (SSSR count). The maximum atomic E-state index is 13.9. The average molecular weight is 523 g/mol. The zero-order valence-corrected chi connectivity index (χ0v) is 21.5. The van der Waals surface area contributed by atoms with Crippen molar-refractivity contribution in [2.75, 3.05) is 44.3 Å². The first-order valence-corrected chi connectivity index (χ1v) is 12.1. The number of halogens is 3. The lowest BCUT2D eigenvalue weighted by molar-refractivity contribution is -0.138. The number of hydrogen-bond acceptors (Lipinski definition) is 6. The molecule has 1 saturated heterocycles. The number of carbonyl (C=O) groups excluding carboxylic acids is 1. The number of anilines is 2. The smallest absolute Gasteiger partial charge is 0.382 e. The summed E-state index contributed by atoms with van der Waals surface area (Å²) in [5, 5.41) is 2.60. The highest BCUT2D eigenvalue weighted by Crippen LogP contribution is 2.34. The van der Waals surface area contributed by atoms with Crippen molar-refractivity contribution in [3.05, 3.63) is 81.8 Å². The molecule has 1 aliphatic heterocycles. The van der Waals surface area contributed by atoms with Crippen molar-refractivity contribution in [2.45, 2.75) is 26.6 Å². The third-order valence-electron chi connectivity index (χ3n) is 6.47. The van der Waals surface area contributed by atoms with Gasteiger partial charge in [-0.2, -0.15) is 13.2 Å². The van der Waals surface area contributed by atoms with Crippen molar-refractivity contribution in [3.63, 3.8) is 0 Å². The summed E-state index contributed by atoms with van der Waals surface area (Å²) < 4.78 is 41.7. The van der Waals surface area contributed by atoms with Crippen LogP contribution in [0.3, 0.4) is 0 Å². The Labute approximate surface area is 219 Å². The highest BCUT2D eigenvalue weighted by atomic mass is 19.4. The van der Waals surface area contributed by atoms with Crippen molar-refractivity contribution in [2.24, 2.45) is 0 Å². The molecule has 0 radical (unpaired) electrons. The third kappa shape index (κ3) is 6.68. The number of nitrogen functional groups attached to an aromatic ring is 1. The molecular weight excluding hydrogens is 493 g/mol. The minimum Gasteiger partial charge on any atom is -0.382 e. The van der Waals surface area contributed by atoms with Gasteiger partial charge in [0.25, 0.3) is 5.91 Å². The predicted octanol–water partition coefficient (Wildman–Crippen LogP) is 4.09. The lowest BCUT2D eigenvalue weighted by atomic mass is 10.0. The number of aryl methyl sites for hydroxylation is 2. The molecule has 0 aliphatic carbocycles. The van der Waals surface area contributed by atoms with Crippen molar-refractivity contribution >= 4 is 17.4 Å². The Bertz CT molecular complexity index is 1400. The average Bonchev–Trinajstić information content (AvgIpc) is 2.87. The molecule has 198 valence electrons.